The molecule has 0 aromatic carbocycles. The van der Waals surface area contributed by atoms with Gasteiger partial charge in [-0.3, -0.25) is 9.69 Å². The molecule has 0 unspecified atom stereocenters. The highest BCUT2D eigenvalue weighted by Crippen LogP contribution is 2.21. The Hall–Kier alpha value is -1.30. The lowest BCUT2D eigenvalue weighted by atomic mass is 9.96. The maximum atomic E-state index is 12.8. The first-order valence-corrected chi connectivity index (χ1v) is 9.97. The van der Waals surface area contributed by atoms with Gasteiger partial charge < -0.3 is 15.0 Å². The molecule has 0 aromatic rings. The molecule has 6 nitrogen and oxygen atoms in total. The number of carbonyl (C=O) groups is 2. The molecule has 2 amide bonds. The number of alkyl carbamates (subject to hydrolysis) is 1. The summed E-state index contributed by atoms with van der Waals surface area (Å²) in [5.74, 6) is 0.159. The summed E-state index contributed by atoms with van der Waals surface area (Å²) in [6.07, 6.45) is 2.79. The van der Waals surface area contributed by atoms with Crippen LogP contribution in [0.25, 0.3) is 0 Å². The summed E-state index contributed by atoms with van der Waals surface area (Å²) in [4.78, 5) is 29.1. The van der Waals surface area contributed by atoms with Crippen molar-refractivity contribution in [3.63, 3.8) is 0 Å². The SMILES string of the molecule is CC(C)N(C(=O)CN1CCCC[C@@H]1[C@@H](C)NC(=O)OC(C)(C)C)C(C)C. The van der Waals surface area contributed by atoms with Crippen molar-refractivity contribution in [2.45, 2.75) is 104 Å². The molecule has 0 aliphatic carbocycles. The Labute approximate surface area is 159 Å². The number of amides is 2. The molecule has 0 radical (unpaired) electrons. The Bertz CT molecular complexity index is 463. The summed E-state index contributed by atoms with van der Waals surface area (Å²) in [5, 5.41) is 2.96. The van der Waals surface area contributed by atoms with E-state index >= 15 is 0 Å². The molecule has 1 aliphatic heterocycles. The summed E-state index contributed by atoms with van der Waals surface area (Å²) in [6.45, 7) is 17.1. The smallest absolute Gasteiger partial charge is 0.407 e. The van der Waals surface area contributed by atoms with Crippen molar-refractivity contribution >= 4 is 12.0 Å². The van der Waals surface area contributed by atoms with E-state index in [1.807, 2.05) is 32.6 Å². The molecule has 1 N–H and O–H groups in total. The van der Waals surface area contributed by atoms with Crippen molar-refractivity contribution in [3.8, 4) is 0 Å². The molecule has 26 heavy (non-hydrogen) atoms. The topological polar surface area (TPSA) is 61.9 Å². The van der Waals surface area contributed by atoms with E-state index < -0.39 is 11.7 Å². The fourth-order valence-electron chi connectivity index (χ4n) is 3.80. The van der Waals surface area contributed by atoms with E-state index in [1.54, 1.807) is 0 Å². The molecule has 6 heteroatoms. The van der Waals surface area contributed by atoms with Gasteiger partial charge in [-0.05, 0) is 74.8 Å². The molecular weight excluding hydrogens is 330 g/mol. The zero-order valence-corrected chi connectivity index (χ0v) is 18.0. The number of rotatable bonds is 6. The fraction of sp³-hybridized carbons (Fsp3) is 0.900. The lowest BCUT2D eigenvalue weighted by Gasteiger charge is -2.41. The maximum Gasteiger partial charge on any atom is 0.407 e. The van der Waals surface area contributed by atoms with Crippen LogP contribution in [-0.4, -0.2) is 64.7 Å². The van der Waals surface area contributed by atoms with Gasteiger partial charge in [0.2, 0.25) is 5.91 Å². The third-order valence-corrected chi connectivity index (χ3v) is 4.72. The van der Waals surface area contributed by atoms with Crippen molar-refractivity contribution < 1.29 is 14.3 Å². The summed E-state index contributed by atoms with van der Waals surface area (Å²) in [7, 11) is 0. The molecule has 1 fully saturated rings. The van der Waals surface area contributed by atoms with E-state index in [2.05, 4.69) is 37.9 Å². The Morgan fingerprint density at radius 2 is 1.69 bits per heavy atom. The summed E-state index contributed by atoms with van der Waals surface area (Å²) in [6, 6.07) is 0.456. The van der Waals surface area contributed by atoms with E-state index in [9.17, 15) is 9.59 Å². The molecular formula is C20H39N3O3. The largest absolute Gasteiger partial charge is 0.444 e. The summed E-state index contributed by atoms with van der Waals surface area (Å²) >= 11 is 0. The van der Waals surface area contributed by atoms with Crippen LogP contribution in [0.5, 0.6) is 0 Å². The molecule has 152 valence electrons. The zero-order valence-electron chi connectivity index (χ0n) is 18.0. The van der Waals surface area contributed by atoms with E-state index in [0.717, 1.165) is 25.8 Å². The fourth-order valence-corrected chi connectivity index (χ4v) is 3.80. The number of nitrogens with zero attached hydrogens (tertiary/aromatic N) is 2. The first-order valence-electron chi connectivity index (χ1n) is 9.97. The van der Waals surface area contributed by atoms with Crippen LogP contribution in [0.1, 0.15) is 74.7 Å². The number of hydrogen-bond donors (Lipinski definition) is 1. The van der Waals surface area contributed by atoms with Gasteiger partial charge in [0.1, 0.15) is 5.60 Å². The summed E-state index contributed by atoms with van der Waals surface area (Å²) in [5.41, 5.74) is -0.513. The number of piperidine rings is 1. The number of nitrogens with one attached hydrogen (secondary N) is 1. The Balaban J connectivity index is 2.74. The molecule has 1 heterocycles. The normalized spacial score (nSPS) is 20.2. The predicted octanol–water partition coefficient (Wildman–Crippen LogP) is 3.40. The number of ether oxygens (including phenoxy) is 1. The first-order chi connectivity index (χ1) is 11.9. The molecule has 2 atom stereocenters. The standard InChI is InChI=1S/C20H39N3O3/c1-14(2)23(15(3)4)18(24)13-22-12-10-9-11-17(22)16(5)21-19(25)26-20(6,7)8/h14-17H,9-13H2,1-8H3,(H,21,25)/t16-,17-/m1/s1. The van der Waals surface area contributed by atoms with Gasteiger partial charge in [-0.2, -0.15) is 0 Å². The Morgan fingerprint density at radius 3 is 2.19 bits per heavy atom. The quantitative estimate of drug-likeness (QED) is 0.779. The molecule has 1 aliphatic rings. The van der Waals surface area contributed by atoms with Gasteiger partial charge in [0.25, 0.3) is 0 Å². The van der Waals surface area contributed by atoms with Gasteiger partial charge in [0.15, 0.2) is 0 Å². The Morgan fingerprint density at radius 1 is 1.12 bits per heavy atom. The maximum absolute atomic E-state index is 12.8. The van der Waals surface area contributed by atoms with Crippen LogP contribution in [0.2, 0.25) is 0 Å². The minimum Gasteiger partial charge on any atom is -0.444 e. The highest BCUT2D eigenvalue weighted by Gasteiger charge is 2.32. The molecule has 0 saturated carbocycles. The van der Waals surface area contributed by atoms with Gasteiger partial charge in [-0.1, -0.05) is 6.42 Å². The average Bonchev–Trinajstić information content (AvgIpc) is 2.44. The second-order valence-corrected chi connectivity index (χ2v) is 8.96. The van der Waals surface area contributed by atoms with Crippen molar-refractivity contribution in [3.05, 3.63) is 0 Å². The van der Waals surface area contributed by atoms with E-state index in [-0.39, 0.29) is 30.1 Å². The van der Waals surface area contributed by atoms with Gasteiger partial charge in [0.05, 0.1) is 6.54 Å². The van der Waals surface area contributed by atoms with Gasteiger partial charge in [-0.25, -0.2) is 4.79 Å². The highest BCUT2D eigenvalue weighted by molar-refractivity contribution is 5.79. The van der Waals surface area contributed by atoms with E-state index in [0.29, 0.717) is 6.54 Å². The lowest BCUT2D eigenvalue weighted by molar-refractivity contribution is -0.137. The van der Waals surface area contributed by atoms with Crippen molar-refractivity contribution in [1.82, 2.24) is 15.1 Å². The molecule has 0 bridgehead atoms. The number of hydrogen-bond acceptors (Lipinski definition) is 4. The number of carbonyl (C=O) groups excluding carboxylic acids is 2. The minimum atomic E-state index is -0.513. The van der Waals surface area contributed by atoms with Gasteiger partial charge in [0, 0.05) is 24.2 Å². The van der Waals surface area contributed by atoms with E-state index in [4.69, 9.17) is 4.74 Å². The Kier molecular flexibility index (Phi) is 8.38. The number of likely N-dealkylation sites (tertiary alicyclic amines) is 1. The monoisotopic (exact) mass is 369 g/mol. The van der Waals surface area contributed by atoms with Crippen LogP contribution in [0.3, 0.4) is 0 Å². The van der Waals surface area contributed by atoms with Gasteiger partial charge in [-0.15, -0.1) is 0 Å². The van der Waals surface area contributed by atoms with Crippen LogP contribution in [-0.2, 0) is 9.53 Å². The van der Waals surface area contributed by atoms with Crippen LogP contribution < -0.4 is 5.32 Å². The first kappa shape index (κ1) is 22.7. The second-order valence-electron chi connectivity index (χ2n) is 8.96. The van der Waals surface area contributed by atoms with Crippen LogP contribution in [0, 0.1) is 0 Å². The lowest BCUT2D eigenvalue weighted by Crippen LogP contribution is -2.56. The van der Waals surface area contributed by atoms with Crippen LogP contribution >= 0.6 is 0 Å². The molecule has 1 saturated heterocycles. The van der Waals surface area contributed by atoms with Crippen LogP contribution in [0.4, 0.5) is 4.79 Å². The average molecular weight is 370 g/mol. The highest BCUT2D eigenvalue weighted by atomic mass is 16.6. The van der Waals surface area contributed by atoms with Gasteiger partial charge >= 0.3 is 6.09 Å². The molecule has 1 rings (SSSR count). The third kappa shape index (κ3) is 7.14. The van der Waals surface area contributed by atoms with E-state index in [1.165, 1.54) is 0 Å². The predicted molar refractivity (Wildman–Crippen MR) is 105 cm³/mol. The molecule has 0 spiro atoms. The molecule has 0 aromatic heterocycles. The van der Waals surface area contributed by atoms with Crippen molar-refractivity contribution in [1.29, 1.82) is 0 Å². The zero-order chi connectivity index (χ0) is 20.1. The third-order valence-electron chi connectivity index (χ3n) is 4.72. The van der Waals surface area contributed by atoms with Crippen LogP contribution in [0.15, 0.2) is 0 Å². The summed E-state index contributed by atoms with van der Waals surface area (Å²) < 4.78 is 5.37. The van der Waals surface area contributed by atoms with Crippen molar-refractivity contribution in [2.75, 3.05) is 13.1 Å². The second kappa shape index (κ2) is 9.58. The minimum absolute atomic E-state index is 0.0653. The van der Waals surface area contributed by atoms with Crippen molar-refractivity contribution in [2.24, 2.45) is 0 Å².